The van der Waals surface area contributed by atoms with Gasteiger partial charge in [-0.05, 0) is 57.7 Å². The Hall–Kier alpha value is -2.82. The highest BCUT2D eigenvalue weighted by Crippen LogP contribution is 2.30. The first-order chi connectivity index (χ1) is 16.1. The fourth-order valence-corrected chi connectivity index (χ4v) is 6.49. The molecule has 1 aromatic carbocycles. The maximum atomic E-state index is 13.6. The van der Waals surface area contributed by atoms with Crippen molar-refractivity contribution in [3.05, 3.63) is 57.4 Å². The number of aromatic nitrogens is 2. The van der Waals surface area contributed by atoms with Gasteiger partial charge in [-0.3, -0.25) is 4.79 Å². The number of carbonyl (C=O) groups excluding carboxylic acids is 1. The molecular weight excluding hydrogens is 472 g/mol. The van der Waals surface area contributed by atoms with E-state index < -0.39 is 15.9 Å². The summed E-state index contributed by atoms with van der Waals surface area (Å²) in [6.45, 7) is 7.91. The minimum atomic E-state index is -3.91. The van der Waals surface area contributed by atoms with Crippen LogP contribution in [-0.2, 0) is 14.8 Å². The van der Waals surface area contributed by atoms with Crippen molar-refractivity contribution >= 4 is 44.6 Å². The molecule has 1 N–H and O–H groups in total. The SMILES string of the molecule is Cc1ccc(C)c(/C=C/c2onc(C)c2S(=O)(=O)N2CCCC(C(=O)Nc3nc(C)cs3)C2)c1. The Morgan fingerprint density at radius 1 is 1.24 bits per heavy atom. The van der Waals surface area contributed by atoms with Crippen molar-refractivity contribution in [3.63, 3.8) is 0 Å². The molecule has 34 heavy (non-hydrogen) atoms. The molecular formula is C24H28N4O4S2. The van der Waals surface area contributed by atoms with E-state index in [1.54, 1.807) is 13.0 Å². The summed E-state index contributed by atoms with van der Waals surface area (Å²) < 4.78 is 34.0. The van der Waals surface area contributed by atoms with Crippen LogP contribution >= 0.6 is 11.3 Å². The van der Waals surface area contributed by atoms with Crippen molar-refractivity contribution in [1.29, 1.82) is 0 Å². The number of nitrogens with one attached hydrogen (secondary N) is 1. The van der Waals surface area contributed by atoms with Crippen LogP contribution in [0.2, 0.25) is 0 Å². The number of hydrogen-bond acceptors (Lipinski definition) is 7. The van der Waals surface area contributed by atoms with Gasteiger partial charge in [0.1, 0.15) is 5.69 Å². The van der Waals surface area contributed by atoms with Gasteiger partial charge in [0.05, 0.1) is 11.6 Å². The van der Waals surface area contributed by atoms with Crippen molar-refractivity contribution in [2.75, 3.05) is 18.4 Å². The lowest BCUT2D eigenvalue weighted by atomic mass is 9.99. The fourth-order valence-electron chi connectivity index (χ4n) is 4.03. The molecule has 1 fully saturated rings. The molecule has 1 amide bonds. The number of thiazole rings is 1. The highest BCUT2D eigenvalue weighted by molar-refractivity contribution is 7.89. The van der Waals surface area contributed by atoms with Gasteiger partial charge in [-0.25, -0.2) is 13.4 Å². The number of amides is 1. The van der Waals surface area contributed by atoms with Crippen LogP contribution in [-0.4, -0.2) is 41.9 Å². The van der Waals surface area contributed by atoms with Crippen LogP contribution < -0.4 is 5.32 Å². The average Bonchev–Trinajstić information content (AvgIpc) is 3.39. The van der Waals surface area contributed by atoms with E-state index in [0.717, 1.165) is 22.4 Å². The summed E-state index contributed by atoms with van der Waals surface area (Å²) in [5.74, 6) is -0.489. The number of rotatable bonds is 6. The van der Waals surface area contributed by atoms with Gasteiger partial charge < -0.3 is 9.84 Å². The van der Waals surface area contributed by atoms with Crippen LogP contribution in [0.25, 0.3) is 12.2 Å². The number of benzene rings is 1. The molecule has 1 atom stereocenters. The molecule has 3 aromatic rings. The summed E-state index contributed by atoms with van der Waals surface area (Å²) in [6, 6.07) is 6.07. The minimum Gasteiger partial charge on any atom is -0.355 e. The molecule has 1 aliphatic rings. The molecule has 0 spiro atoms. The van der Waals surface area contributed by atoms with E-state index in [9.17, 15) is 13.2 Å². The van der Waals surface area contributed by atoms with Crippen LogP contribution in [0.15, 0.2) is 33.0 Å². The van der Waals surface area contributed by atoms with E-state index in [-0.39, 0.29) is 23.1 Å². The lowest BCUT2D eigenvalue weighted by Crippen LogP contribution is -2.43. The van der Waals surface area contributed by atoms with Gasteiger partial charge in [0.2, 0.25) is 15.9 Å². The number of carbonyl (C=O) groups is 1. The average molecular weight is 501 g/mol. The molecule has 0 aliphatic carbocycles. The Kier molecular flexibility index (Phi) is 7.01. The summed E-state index contributed by atoms with van der Waals surface area (Å²) in [5.41, 5.74) is 4.28. The van der Waals surface area contributed by atoms with Crippen LogP contribution in [0.5, 0.6) is 0 Å². The van der Waals surface area contributed by atoms with Gasteiger partial charge in [0.25, 0.3) is 0 Å². The first kappa shape index (κ1) is 24.3. The number of piperidine rings is 1. The lowest BCUT2D eigenvalue weighted by molar-refractivity contribution is -0.120. The predicted molar refractivity (Wildman–Crippen MR) is 133 cm³/mol. The smallest absolute Gasteiger partial charge is 0.248 e. The van der Waals surface area contributed by atoms with Gasteiger partial charge in [0.15, 0.2) is 15.8 Å². The summed E-state index contributed by atoms with van der Waals surface area (Å²) >= 11 is 1.35. The van der Waals surface area contributed by atoms with Crippen molar-refractivity contribution in [3.8, 4) is 0 Å². The van der Waals surface area contributed by atoms with E-state index in [2.05, 4.69) is 15.5 Å². The molecule has 1 aliphatic heterocycles. The lowest BCUT2D eigenvalue weighted by Gasteiger charge is -2.30. The van der Waals surface area contributed by atoms with E-state index in [1.807, 2.05) is 50.4 Å². The molecule has 0 bridgehead atoms. The normalized spacial score (nSPS) is 17.4. The van der Waals surface area contributed by atoms with Gasteiger partial charge in [0, 0.05) is 18.5 Å². The third kappa shape index (κ3) is 5.13. The summed E-state index contributed by atoms with van der Waals surface area (Å²) in [4.78, 5) is 17.1. The van der Waals surface area contributed by atoms with Crippen LogP contribution in [0.3, 0.4) is 0 Å². The second-order valence-corrected chi connectivity index (χ2v) is 11.4. The number of sulfonamides is 1. The van der Waals surface area contributed by atoms with Gasteiger partial charge in [-0.2, -0.15) is 4.31 Å². The minimum absolute atomic E-state index is 0.0469. The molecule has 1 unspecified atom stereocenters. The number of anilines is 1. The second-order valence-electron chi connectivity index (χ2n) is 8.64. The molecule has 3 heterocycles. The van der Waals surface area contributed by atoms with Crippen molar-refractivity contribution in [2.24, 2.45) is 5.92 Å². The monoisotopic (exact) mass is 500 g/mol. The quantitative estimate of drug-likeness (QED) is 0.531. The zero-order valence-corrected chi connectivity index (χ0v) is 21.3. The Morgan fingerprint density at radius 2 is 2.03 bits per heavy atom. The largest absolute Gasteiger partial charge is 0.355 e. The first-order valence-electron chi connectivity index (χ1n) is 11.1. The Labute approximate surface area is 203 Å². The highest BCUT2D eigenvalue weighted by Gasteiger charge is 2.37. The van der Waals surface area contributed by atoms with E-state index in [0.29, 0.717) is 30.2 Å². The van der Waals surface area contributed by atoms with E-state index in [4.69, 9.17) is 4.52 Å². The van der Waals surface area contributed by atoms with Crippen molar-refractivity contribution in [2.45, 2.75) is 45.4 Å². The van der Waals surface area contributed by atoms with Crippen molar-refractivity contribution < 1.29 is 17.7 Å². The zero-order valence-electron chi connectivity index (χ0n) is 19.7. The third-order valence-corrected chi connectivity index (χ3v) is 8.78. The second kappa shape index (κ2) is 9.81. The standard InChI is InChI=1S/C24H28N4O4S2/c1-15-7-8-16(2)19(12-15)9-10-21-22(18(4)27-32-21)34(30,31)28-11-5-6-20(13-28)23(29)26-24-25-17(3)14-33-24/h7-10,12,14,20H,5-6,11,13H2,1-4H3,(H,25,26,29)/b10-9+. The van der Waals surface area contributed by atoms with Crippen LogP contribution in [0.1, 0.15) is 46.7 Å². The number of nitrogens with zero attached hydrogens (tertiary/aromatic N) is 3. The van der Waals surface area contributed by atoms with Crippen molar-refractivity contribution in [1.82, 2.24) is 14.4 Å². The number of aryl methyl sites for hydroxylation is 4. The Bertz CT molecular complexity index is 1340. The molecule has 0 radical (unpaired) electrons. The topological polar surface area (TPSA) is 105 Å². The highest BCUT2D eigenvalue weighted by atomic mass is 32.2. The maximum Gasteiger partial charge on any atom is 0.248 e. The van der Waals surface area contributed by atoms with E-state index in [1.165, 1.54) is 15.6 Å². The maximum absolute atomic E-state index is 13.6. The summed E-state index contributed by atoms with van der Waals surface area (Å²) in [7, 11) is -3.91. The molecule has 1 saturated heterocycles. The molecule has 0 saturated carbocycles. The molecule has 8 nitrogen and oxygen atoms in total. The van der Waals surface area contributed by atoms with Gasteiger partial charge in [-0.1, -0.05) is 35.0 Å². The molecule has 180 valence electrons. The van der Waals surface area contributed by atoms with E-state index >= 15 is 0 Å². The van der Waals surface area contributed by atoms with Gasteiger partial charge in [-0.15, -0.1) is 11.3 Å². The molecule has 4 rings (SSSR count). The third-order valence-electron chi connectivity index (χ3n) is 5.88. The van der Waals surface area contributed by atoms with Crippen LogP contribution in [0, 0.1) is 33.6 Å². The van der Waals surface area contributed by atoms with Gasteiger partial charge >= 0.3 is 0 Å². The fraction of sp³-hybridized carbons (Fsp3) is 0.375. The summed E-state index contributed by atoms with van der Waals surface area (Å²) in [6.07, 6.45) is 4.69. The Morgan fingerprint density at radius 3 is 2.76 bits per heavy atom. The molecule has 2 aromatic heterocycles. The zero-order chi connectivity index (χ0) is 24.5. The Balaban J connectivity index is 1.56. The van der Waals surface area contributed by atoms with Crippen LogP contribution in [0.4, 0.5) is 5.13 Å². The molecule has 10 heteroatoms. The first-order valence-corrected chi connectivity index (χ1v) is 13.4. The number of hydrogen-bond donors (Lipinski definition) is 1. The predicted octanol–water partition coefficient (Wildman–Crippen LogP) is 4.57. The summed E-state index contributed by atoms with van der Waals surface area (Å²) in [5, 5.41) is 9.12.